The fraction of sp³-hybridized carbons (Fsp3) is 0.333. The summed E-state index contributed by atoms with van der Waals surface area (Å²) in [6, 6.07) is 15.0. The summed E-state index contributed by atoms with van der Waals surface area (Å²) >= 11 is 0. The second kappa shape index (κ2) is 10.3. The molecule has 0 atom stereocenters. The second-order valence-corrected chi connectivity index (χ2v) is 15.5. The average molecular weight is 614 g/mol. The quantitative estimate of drug-likeness (QED) is 0.165. The molecule has 0 amide bonds. The van der Waals surface area contributed by atoms with Gasteiger partial charge < -0.3 is 29.6 Å². The molecular formula is C30H35N2O8P2+. The molecular weight excluding hydrogens is 578 g/mol. The predicted molar refractivity (Wildman–Crippen MR) is 161 cm³/mol. The van der Waals surface area contributed by atoms with Gasteiger partial charge in [-0.25, -0.2) is 0 Å². The third-order valence-corrected chi connectivity index (χ3v) is 9.96. The maximum atomic E-state index is 13.5. The number of benzene rings is 2. The normalized spacial score (nSPS) is 21.3. The molecule has 2 heterocycles. The molecule has 0 aromatic heterocycles. The van der Waals surface area contributed by atoms with Gasteiger partial charge in [0, 0.05) is 41.1 Å². The SMILES string of the molecule is CC1(C)C(/C=C2/C(=O)C(/C=C3\N(CCP(=O)(O)O)c4ccccc4C3(C)C)=C2O)=[N+](CCP(=O)(O)O)c2ccccc21. The van der Waals surface area contributed by atoms with Crippen molar-refractivity contribution in [3.05, 3.63) is 94.4 Å². The van der Waals surface area contributed by atoms with Crippen LogP contribution in [0.15, 0.2) is 83.3 Å². The van der Waals surface area contributed by atoms with Gasteiger partial charge in [-0.2, -0.15) is 4.58 Å². The molecule has 0 saturated heterocycles. The minimum absolute atomic E-state index is 0.0282. The van der Waals surface area contributed by atoms with Crippen LogP contribution in [0.5, 0.6) is 0 Å². The number of ketones is 1. The van der Waals surface area contributed by atoms with E-state index in [1.165, 1.54) is 0 Å². The molecule has 0 unspecified atom stereocenters. The molecule has 0 radical (unpaired) electrons. The van der Waals surface area contributed by atoms with Crippen LogP contribution in [0.2, 0.25) is 0 Å². The van der Waals surface area contributed by atoms with Crippen LogP contribution in [0.1, 0.15) is 38.8 Å². The number of carbonyl (C=O) groups excluding carboxylic acids is 1. The number of aliphatic hydroxyl groups excluding tert-OH is 1. The van der Waals surface area contributed by atoms with Crippen LogP contribution in [0.25, 0.3) is 0 Å². The van der Waals surface area contributed by atoms with Crippen molar-refractivity contribution in [3.8, 4) is 0 Å². The fourth-order valence-electron chi connectivity index (χ4n) is 6.13. The van der Waals surface area contributed by atoms with Crippen LogP contribution in [-0.2, 0) is 24.8 Å². The zero-order valence-electron chi connectivity index (χ0n) is 23.9. The van der Waals surface area contributed by atoms with E-state index < -0.39 is 31.8 Å². The Hall–Kier alpha value is -3.10. The number of allylic oxidation sites excluding steroid dienone is 5. The van der Waals surface area contributed by atoms with Gasteiger partial charge in [0.05, 0.1) is 22.7 Å². The third kappa shape index (κ3) is 5.28. The van der Waals surface area contributed by atoms with E-state index in [-0.39, 0.29) is 42.3 Å². The largest absolute Gasteiger partial charge is 0.506 e. The molecule has 0 spiro atoms. The lowest BCUT2D eigenvalue weighted by molar-refractivity contribution is -0.432. The van der Waals surface area contributed by atoms with Crippen molar-refractivity contribution < 1.29 is 43.2 Å². The molecule has 5 N–H and O–H groups in total. The van der Waals surface area contributed by atoms with Gasteiger partial charge in [-0.15, -0.1) is 0 Å². The van der Waals surface area contributed by atoms with Crippen molar-refractivity contribution in [1.82, 2.24) is 0 Å². The van der Waals surface area contributed by atoms with Crippen molar-refractivity contribution in [1.29, 1.82) is 0 Å². The Labute approximate surface area is 244 Å². The zero-order chi connectivity index (χ0) is 30.8. The van der Waals surface area contributed by atoms with Crippen molar-refractivity contribution in [3.63, 3.8) is 0 Å². The summed E-state index contributed by atoms with van der Waals surface area (Å²) in [4.78, 5) is 53.5. The van der Waals surface area contributed by atoms with Gasteiger partial charge in [-0.3, -0.25) is 13.9 Å². The van der Waals surface area contributed by atoms with Gasteiger partial charge >= 0.3 is 15.2 Å². The Kier molecular flexibility index (Phi) is 7.42. The summed E-state index contributed by atoms with van der Waals surface area (Å²) in [5.41, 5.74) is 3.67. The van der Waals surface area contributed by atoms with E-state index in [1.807, 2.05) is 76.2 Å². The van der Waals surface area contributed by atoms with Gasteiger partial charge in [-0.05, 0) is 31.6 Å². The number of rotatable bonds is 8. The van der Waals surface area contributed by atoms with E-state index in [4.69, 9.17) is 0 Å². The Morgan fingerprint density at radius 3 is 2.05 bits per heavy atom. The number of fused-ring (bicyclic) bond motifs is 2. The molecule has 5 rings (SSSR count). The molecule has 10 nitrogen and oxygen atoms in total. The van der Waals surface area contributed by atoms with Crippen molar-refractivity contribution in [2.45, 2.75) is 38.5 Å². The molecule has 0 saturated carbocycles. The van der Waals surface area contributed by atoms with Gasteiger partial charge in [-0.1, -0.05) is 50.2 Å². The monoisotopic (exact) mass is 613 g/mol. The number of para-hydroxylation sites is 2. The first kappa shape index (κ1) is 30.4. The maximum Gasteiger partial charge on any atom is 0.331 e. The van der Waals surface area contributed by atoms with E-state index in [1.54, 1.807) is 21.6 Å². The Morgan fingerprint density at radius 1 is 0.833 bits per heavy atom. The lowest BCUT2D eigenvalue weighted by Crippen LogP contribution is -2.33. The zero-order valence-corrected chi connectivity index (χ0v) is 25.6. The average Bonchev–Trinajstić information content (AvgIpc) is 3.25. The summed E-state index contributed by atoms with van der Waals surface area (Å²) in [6.45, 7) is 7.89. The highest BCUT2D eigenvalue weighted by Gasteiger charge is 2.47. The summed E-state index contributed by atoms with van der Waals surface area (Å²) in [7, 11) is -8.60. The standard InChI is InChI=1S/C30H34N2O8P2/c1-29(2)21-9-5-7-11-23(21)31(13-15-41(35,36)37)25(29)17-19-27(33)20(28(19)34)18-26-30(3,4)22-10-6-8-12-24(22)32(26)14-16-42(38,39)40/h5-12,17-18H,13-16H2,1-4H3,(H4-,33,34,35,36,37,38,39,40)/p+1. The van der Waals surface area contributed by atoms with Gasteiger partial charge in [0.25, 0.3) is 0 Å². The Bertz CT molecular complexity index is 1720. The number of hydrogen-bond donors (Lipinski definition) is 5. The summed E-state index contributed by atoms with van der Waals surface area (Å²) in [6.07, 6.45) is 2.44. The number of anilines is 1. The molecule has 0 fully saturated rings. The lowest BCUT2D eigenvalue weighted by Gasteiger charge is -2.29. The van der Waals surface area contributed by atoms with Crippen molar-refractivity contribution in [2.75, 3.05) is 30.3 Å². The van der Waals surface area contributed by atoms with E-state index in [0.717, 1.165) is 22.5 Å². The molecule has 42 heavy (non-hydrogen) atoms. The summed E-state index contributed by atoms with van der Waals surface area (Å²) in [5, 5.41) is 11.2. The first-order chi connectivity index (χ1) is 19.4. The van der Waals surface area contributed by atoms with E-state index >= 15 is 0 Å². The Balaban J connectivity index is 1.58. The number of aliphatic hydroxyl groups is 1. The van der Waals surface area contributed by atoms with Gasteiger partial charge in [0.15, 0.2) is 12.3 Å². The summed E-state index contributed by atoms with van der Waals surface area (Å²) < 4.78 is 25.2. The molecule has 2 aliphatic heterocycles. The maximum absolute atomic E-state index is 13.5. The van der Waals surface area contributed by atoms with Crippen LogP contribution in [-0.4, -0.2) is 66.2 Å². The van der Waals surface area contributed by atoms with Gasteiger partial charge in [0.2, 0.25) is 11.5 Å². The fourth-order valence-corrected chi connectivity index (χ4v) is 7.05. The number of hydrogen-bond acceptors (Lipinski definition) is 5. The first-order valence-electron chi connectivity index (χ1n) is 13.6. The van der Waals surface area contributed by atoms with Crippen molar-refractivity contribution >= 4 is 38.1 Å². The number of carbonyl (C=O) groups is 1. The van der Waals surface area contributed by atoms with E-state index in [0.29, 0.717) is 11.4 Å². The van der Waals surface area contributed by atoms with Crippen LogP contribution >= 0.6 is 15.2 Å². The van der Waals surface area contributed by atoms with E-state index in [9.17, 15) is 38.6 Å². The highest BCUT2D eigenvalue weighted by atomic mass is 31.2. The Morgan fingerprint density at radius 2 is 1.43 bits per heavy atom. The number of Topliss-reactive ketones (excluding diaryl/α,β-unsaturated/α-hetero) is 1. The highest BCUT2D eigenvalue weighted by Crippen LogP contribution is 2.50. The van der Waals surface area contributed by atoms with Crippen molar-refractivity contribution in [2.24, 2.45) is 0 Å². The topological polar surface area (TPSA) is 159 Å². The highest BCUT2D eigenvalue weighted by molar-refractivity contribution is 7.52. The van der Waals surface area contributed by atoms with E-state index in [2.05, 4.69) is 0 Å². The van der Waals surface area contributed by atoms with Crippen LogP contribution in [0, 0.1) is 0 Å². The molecule has 2 aromatic carbocycles. The molecule has 0 bridgehead atoms. The van der Waals surface area contributed by atoms with Crippen LogP contribution in [0.3, 0.4) is 0 Å². The first-order valence-corrected chi connectivity index (χ1v) is 17.2. The third-order valence-electron chi connectivity index (χ3n) is 8.39. The molecule has 222 valence electrons. The summed E-state index contributed by atoms with van der Waals surface area (Å²) in [5.74, 6) is -0.598. The van der Waals surface area contributed by atoms with Gasteiger partial charge in [0.1, 0.15) is 11.9 Å². The molecule has 12 heteroatoms. The molecule has 2 aromatic rings. The lowest BCUT2D eigenvalue weighted by atomic mass is 9.77. The number of nitrogens with zero attached hydrogens (tertiary/aromatic N) is 2. The van der Waals surface area contributed by atoms with Crippen LogP contribution in [0.4, 0.5) is 11.4 Å². The second-order valence-electron chi connectivity index (χ2n) is 11.9. The van der Waals surface area contributed by atoms with Crippen LogP contribution < -0.4 is 4.90 Å². The smallest absolute Gasteiger partial charge is 0.331 e. The minimum Gasteiger partial charge on any atom is -0.506 e. The predicted octanol–water partition coefficient (Wildman–Crippen LogP) is 4.42. The molecule has 1 aliphatic carbocycles. The minimum atomic E-state index is -4.30. The molecule has 3 aliphatic rings.